The summed E-state index contributed by atoms with van der Waals surface area (Å²) >= 11 is 0. The predicted octanol–water partition coefficient (Wildman–Crippen LogP) is 2.29. The van der Waals surface area contributed by atoms with E-state index in [0.717, 1.165) is 11.6 Å². The third-order valence-electron chi connectivity index (χ3n) is 3.07. The Morgan fingerprint density at radius 1 is 1.19 bits per heavy atom. The molecule has 4 heteroatoms. The minimum absolute atomic E-state index is 0.596. The van der Waals surface area contributed by atoms with Gasteiger partial charge in [0.2, 0.25) is 0 Å². The molecule has 1 fully saturated rings. The molecule has 0 aliphatic heterocycles. The first kappa shape index (κ1) is 11.2. The summed E-state index contributed by atoms with van der Waals surface area (Å²) in [6, 6.07) is 2.60. The van der Waals surface area contributed by atoms with Gasteiger partial charge in [0.15, 0.2) is 0 Å². The fraction of sp³-hybridized carbons (Fsp3) is 0.667. The minimum atomic E-state index is 0.596. The average Bonchev–Trinajstić information content (AvgIpc) is 2.30. The van der Waals surface area contributed by atoms with Crippen LogP contribution in [0.15, 0.2) is 12.4 Å². The number of nitrogens with zero attached hydrogens (tertiary/aromatic N) is 3. The smallest absolute Gasteiger partial charge is 0.133 e. The summed E-state index contributed by atoms with van der Waals surface area (Å²) in [6.45, 7) is 0. The first-order valence-electron chi connectivity index (χ1n) is 6.01. The molecule has 1 aliphatic rings. The molecule has 88 valence electrons. The molecule has 0 radical (unpaired) electrons. The van der Waals surface area contributed by atoms with Crippen LogP contribution in [0.2, 0.25) is 0 Å². The predicted molar refractivity (Wildman–Crippen MR) is 66.9 cm³/mol. The van der Waals surface area contributed by atoms with Crippen molar-refractivity contribution in [2.75, 3.05) is 24.3 Å². The Morgan fingerprint density at radius 3 is 2.62 bits per heavy atom. The van der Waals surface area contributed by atoms with Crippen LogP contribution in [0.3, 0.4) is 0 Å². The molecule has 1 aromatic rings. The number of aromatic nitrogens is 2. The van der Waals surface area contributed by atoms with E-state index in [4.69, 9.17) is 0 Å². The molecule has 0 atom stereocenters. The summed E-state index contributed by atoms with van der Waals surface area (Å²) in [7, 11) is 3.99. The summed E-state index contributed by atoms with van der Waals surface area (Å²) in [6.07, 6.45) is 8.21. The van der Waals surface area contributed by atoms with E-state index < -0.39 is 0 Å². The van der Waals surface area contributed by atoms with Crippen molar-refractivity contribution >= 4 is 11.6 Å². The van der Waals surface area contributed by atoms with E-state index in [-0.39, 0.29) is 0 Å². The molecule has 2 rings (SSSR count). The third-order valence-corrected chi connectivity index (χ3v) is 3.07. The summed E-state index contributed by atoms with van der Waals surface area (Å²) in [5.41, 5.74) is 0. The van der Waals surface area contributed by atoms with E-state index in [0.29, 0.717) is 6.04 Å². The normalized spacial score (nSPS) is 17.1. The molecule has 0 bridgehead atoms. The van der Waals surface area contributed by atoms with E-state index in [1.165, 1.54) is 32.1 Å². The molecule has 1 aromatic heterocycles. The van der Waals surface area contributed by atoms with Crippen molar-refractivity contribution in [2.45, 2.75) is 38.1 Å². The van der Waals surface area contributed by atoms with E-state index in [1.54, 1.807) is 6.33 Å². The van der Waals surface area contributed by atoms with Crippen molar-refractivity contribution in [3.63, 3.8) is 0 Å². The van der Waals surface area contributed by atoms with Gasteiger partial charge in [-0.05, 0) is 12.8 Å². The quantitative estimate of drug-likeness (QED) is 0.848. The fourth-order valence-corrected chi connectivity index (χ4v) is 2.13. The Balaban J connectivity index is 2.00. The topological polar surface area (TPSA) is 41.0 Å². The van der Waals surface area contributed by atoms with Crippen LogP contribution in [0.1, 0.15) is 32.1 Å². The lowest BCUT2D eigenvalue weighted by Crippen LogP contribution is -2.23. The van der Waals surface area contributed by atoms with Gasteiger partial charge in [-0.25, -0.2) is 9.97 Å². The maximum Gasteiger partial charge on any atom is 0.133 e. The Kier molecular flexibility index (Phi) is 3.59. The van der Waals surface area contributed by atoms with Crippen molar-refractivity contribution in [3.05, 3.63) is 12.4 Å². The van der Waals surface area contributed by atoms with Crippen LogP contribution in [0.5, 0.6) is 0 Å². The lowest BCUT2D eigenvalue weighted by atomic mass is 9.95. The molecule has 16 heavy (non-hydrogen) atoms. The first-order valence-corrected chi connectivity index (χ1v) is 6.01. The van der Waals surface area contributed by atoms with E-state index >= 15 is 0 Å². The Labute approximate surface area is 97.1 Å². The van der Waals surface area contributed by atoms with Crippen molar-refractivity contribution in [3.8, 4) is 0 Å². The largest absolute Gasteiger partial charge is 0.367 e. The highest BCUT2D eigenvalue weighted by Gasteiger charge is 2.13. The van der Waals surface area contributed by atoms with Crippen LogP contribution in [0.25, 0.3) is 0 Å². The molecular weight excluding hydrogens is 200 g/mol. The van der Waals surface area contributed by atoms with Crippen LogP contribution in [-0.4, -0.2) is 30.1 Å². The van der Waals surface area contributed by atoms with Crippen molar-refractivity contribution < 1.29 is 0 Å². The van der Waals surface area contributed by atoms with Gasteiger partial charge >= 0.3 is 0 Å². The van der Waals surface area contributed by atoms with Gasteiger partial charge in [-0.1, -0.05) is 19.3 Å². The van der Waals surface area contributed by atoms with Gasteiger partial charge in [0.1, 0.15) is 18.0 Å². The molecule has 0 aromatic carbocycles. The van der Waals surface area contributed by atoms with Crippen LogP contribution >= 0.6 is 0 Å². The molecule has 1 N–H and O–H groups in total. The Morgan fingerprint density at radius 2 is 1.94 bits per heavy atom. The maximum absolute atomic E-state index is 4.27. The first-order chi connectivity index (χ1) is 7.75. The van der Waals surface area contributed by atoms with Crippen LogP contribution in [0, 0.1) is 0 Å². The Hall–Kier alpha value is -1.32. The molecule has 1 heterocycles. The van der Waals surface area contributed by atoms with Gasteiger partial charge in [-0.2, -0.15) is 0 Å². The zero-order valence-corrected chi connectivity index (χ0v) is 10.1. The summed E-state index contributed by atoms with van der Waals surface area (Å²) in [4.78, 5) is 10.5. The van der Waals surface area contributed by atoms with Gasteiger partial charge in [0.05, 0.1) is 0 Å². The van der Waals surface area contributed by atoms with E-state index in [2.05, 4.69) is 15.3 Å². The van der Waals surface area contributed by atoms with Gasteiger partial charge in [0, 0.05) is 26.2 Å². The Bertz CT molecular complexity index is 332. The zero-order chi connectivity index (χ0) is 11.4. The van der Waals surface area contributed by atoms with Crippen molar-refractivity contribution in [2.24, 2.45) is 0 Å². The summed E-state index contributed by atoms with van der Waals surface area (Å²) in [5, 5.41) is 3.50. The zero-order valence-electron chi connectivity index (χ0n) is 10.1. The number of rotatable bonds is 3. The maximum atomic E-state index is 4.27. The molecule has 1 saturated carbocycles. The van der Waals surface area contributed by atoms with E-state index in [9.17, 15) is 0 Å². The fourth-order valence-electron chi connectivity index (χ4n) is 2.13. The van der Waals surface area contributed by atoms with E-state index in [1.807, 2.05) is 25.1 Å². The van der Waals surface area contributed by atoms with Crippen molar-refractivity contribution in [1.29, 1.82) is 0 Å². The molecule has 1 aliphatic carbocycles. The van der Waals surface area contributed by atoms with Crippen LogP contribution in [0.4, 0.5) is 11.6 Å². The standard InChI is InChI=1S/C12H20N4/c1-16(2)12-8-11(13-9-14-12)15-10-6-4-3-5-7-10/h8-10H,3-7H2,1-2H3,(H,13,14,15). The third kappa shape index (κ3) is 2.84. The number of hydrogen-bond acceptors (Lipinski definition) is 4. The van der Waals surface area contributed by atoms with Crippen LogP contribution in [-0.2, 0) is 0 Å². The highest BCUT2D eigenvalue weighted by molar-refractivity contribution is 5.47. The second kappa shape index (κ2) is 5.14. The molecule has 0 saturated heterocycles. The lowest BCUT2D eigenvalue weighted by Gasteiger charge is -2.23. The molecular formula is C12H20N4. The monoisotopic (exact) mass is 220 g/mol. The van der Waals surface area contributed by atoms with Gasteiger partial charge in [0.25, 0.3) is 0 Å². The highest BCUT2D eigenvalue weighted by atomic mass is 15.2. The average molecular weight is 220 g/mol. The second-order valence-electron chi connectivity index (χ2n) is 4.64. The minimum Gasteiger partial charge on any atom is -0.367 e. The van der Waals surface area contributed by atoms with Gasteiger partial charge < -0.3 is 10.2 Å². The van der Waals surface area contributed by atoms with Gasteiger partial charge in [-0.3, -0.25) is 0 Å². The summed E-state index contributed by atoms with van der Waals surface area (Å²) < 4.78 is 0. The highest BCUT2D eigenvalue weighted by Crippen LogP contribution is 2.21. The number of hydrogen-bond donors (Lipinski definition) is 1. The molecule has 0 amide bonds. The number of anilines is 2. The molecule has 4 nitrogen and oxygen atoms in total. The molecule has 0 unspecified atom stereocenters. The molecule has 0 spiro atoms. The summed E-state index contributed by atoms with van der Waals surface area (Å²) in [5.74, 6) is 1.90. The second-order valence-corrected chi connectivity index (χ2v) is 4.64. The van der Waals surface area contributed by atoms with Gasteiger partial charge in [-0.15, -0.1) is 0 Å². The number of nitrogens with one attached hydrogen (secondary N) is 1. The van der Waals surface area contributed by atoms with Crippen molar-refractivity contribution in [1.82, 2.24) is 9.97 Å². The van der Waals surface area contributed by atoms with Crippen LogP contribution < -0.4 is 10.2 Å². The lowest BCUT2D eigenvalue weighted by molar-refractivity contribution is 0.462. The SMILES string of the molecule is CN(C)c1cc(NC2CCCCC2)ncn1.